The van der Waals surface area contributed by atoms with Crippen molar-refractivity contribution in [3.8, 4) is 22.3 Å². The zero-order valence-corrected chi connectivity index (χ0v) is 19.0. The molecule has 160 valence electrons. The van der Waals surface area contributed by atoms with E-state index in [1.165, 1.54) is 66.1 Å². The predicted molar refractivity (Wildman–Crippen MR) is 144 cm³/mol. The second-order valence-electron chi connectivity index (χ2n) is 9.31. The number of benzene rings is 6. The fraction of sp³-hybridized carbons (Fsp3) is 0.0588. The van der Waals surface area contributed by atoms with Crippen LogP contribution in [-0.2, 0) is 12.8 Å². The number of fused-ring (bicyclic) bond motifs is 10. The fourth-order valence-corrected chi connectivity index (χ4v) is 5.81. The Kier molecular flexibility index (Phi) is 4.38. The Morgan fingerprint density at radius 3 is 1.24 bits per heavy atom. The van der Waals surface area contributed by atoms with Gasteiger partial charge in [0, 0.05) is 0 Å². The standard InChI is InChI=1S/2C17H12/c2*1-3-7-15-12(5-1)9-10-14-11-13-6-2-4-8-16(13)17(14)15/h2*1-10H,11H2. The van der Waals surface area contributed by atoms with Crippen molar-refractivity contribution in [2.75, 3.05) is 0 Å². The molecule has 2 aliphatic rings. The smallest absolute Gasteiger partial charge is 0.00132 e. The summed E-state index contributed by atoms with van der Waals surface area (Å²) in [4.78, 5) is 0. The largest absolute Gasteiger partial charge is 0.0619 e. The van der Waals surface area contributed by atoms with Gasteiger partial charge in [0.2, 0.25) is 0 Å². The summed E-state index contributed by atoms with van der Waals surface area (Å²) in [5.41, 5.74) is 11.6. The molecule has 0 spiro atoms. The van der Waals surface area contributed by atoms with Crippen LogP contribution >= 0.6 is 0 Å². The summed E-state index contributed by atoms with van der Waals surface area (Å²) >= 11 is 0. The van der Waals surface area contributed by atoms with E-state index >= 15 is 0 Å². The van der Waals surface area contributed by atoms with Crippen molar-refractivity contribution in [1.82, 2.24) is 0 Å². The van der Waals surface area contributed by atoms with E-state index in [-0.39, 0.29) is 0 Å². The van der Waals surface area contributed by atoms with Gasteiger partial charge >= 0.3 is 0 Å². The third kappa shape index (κ3) is 2.99. The maximum Gasteiger partial charge on any atom is -0.00132 e. The Balaban J connectivity index is 0.000000118. The molecule has 0 heterocycles. The summed E-state index contributed by atoms with van der Waals surface area (Å²) in [7, 11) is 0. The van der Waals surface area contributed by atoms with Gasteiger partial charge in [-0.05, 0) is 78.9 Å². The van der Waals surface area contributed by atoms with Crippen LogP contribution in [0.5, 0.6) is 0 Å². The van der Waals surface area contributed by atoms with Gasteiger partial charge in [0.25, 0.3) is 0 Å². The first-order valence-electron chi connectivity index (χ1n) is 12.0. The molecule has 2 aliphatic carbocycles. The van der Waals surface area contributed by atoms with Crippen molar-refractivity contribution in [2.24, 2.45) is 0 Å². The Hall–Kier alpha value is -4.16. The van der Waals surface area contributed by atoms with Gasteiger partial charge in [-0.15, -0.1) is 0 Å². The first-order chi connectivity index (χ1) is 16.9. The lowest BCUT2D eigenvalue weighted by Crippen LogP contribution is -1.81. The van der Waals surface area contributed by atoms with Gasteiger partial charge in [0.1, 0.15) is 0 Å². The average Bonchev–Trinajstić information content (AvgIpc) is 3.48. The maximum absolute atomic E-state index is 2.28. The Labute approximate surface area is 200 Å². The SMILES string of the molecule is c1ccc2c(c1)Cc1ccc3ccccc3c1-2.c1ccc2c(c1)Cc1ccc3ccccc3c1-2. The van der Waals surface area contributed by atoms with E-state index in [4.69, 9.17) is 0 Å². The van der Waals surface area contributed by atoms with Crippen LogP contribution in [-0.4, -0.2) is 0 Å². The van der Waals surface area contributed by atoms with E-state index in [0.717, 1.165) is 12.8 Å². The number of rotatable bonds is 0. The summed E-state index contributed by atoms with van der Waals surface area (Å²) in [5.74, 6) is 0. The molecule has 0 nitrogen and oxygen atoms in total. The Bertz CT molecular complexity index is 1570. The van der Waals surface area contributed by atoms with Gasteiger partial charge in [0.05, 0.1) is 0 Å². The molecule has 0 saturated heterocycles. The van der Waals surface area contributed by atoms with Crippen LogP contribution in [0, 0.1) is 0 Å². The molecular formula is C34H24. The molecule has 0 fully saturated rings. The summed E-state index contributed by atoms with van der Waals surface area (Å²) in [6, 6.07) is 43.8. The van der Waals surface area contributed by atoms with Crippen molar-refractivity contribution in [2.45, 2.75) is 12.8 Å². The third-order valence-corrected chi connectivity index (χ3v) is 7.37. The van der Waals surface area contributed by atoms with Crippen LogP contribution in [0.3, 0.4) is 0 Å². The lowest BCUT2D eigenvalue weighted by atomic mass is 9.98. The van der Waals surface area contributed by atoms with E-state index in [2.05, 4.69) is 121 Å². The second-order valence-corrected chi connectivity index (χ2v) is 9.31. The first kappa shape index (κ1) is 19.3. The first-order valence-corrected chi connectivity index (χ1v) is 12.0. The van der Waals surface area contributed by atoms with Crippen LogP contribution < -0.4 is 0 Å². The molecular weight excluding hydrogens is 408 g/mol. The van der Waals surface area contributed by atoms with Gasteiger partial charge in [0.15, 0.2) is 0 Å². The molecule has 0 aromatic heterocycles. The topological polar surface area (TPSA) is 0 Å². The molecule has 0 atom stereocenters. The zero-order valence-electron chi connectivity index (χ0n) is 19.0. The van der Waals surface area contributed by atoms with Crippen molar-refractivity contribution in [1.29, 1.82) is 0 Å². The van der Waals surface area contributed by atoms with Crippen LogP contribution in [0.2, 0.25) is 0 Å². The van der Waals surface area contributed by atoms with Crippen LogP contribution in [0.1, 0.15) is 22.3 Å². The molecule has 0 bridgehead atoms. The van der Waals surface area contributed by atoms with E-state index in [0.29, 0.717) is 0 Å². The Morgan fingerprint density at radius 2 is 0.735 bits per heavy atom. The van der Waals surface area contributed by atoms with Gasteiger partial charge in [-0.1, -0.05) is 121 Å². The van der Waals surface area contributed by atoms with Crippen molar-refractivity contribution < 1.29 is 0 Å². The molecule has 34 heavy (non-hydrogen) atoms. The molecule has 0 amide bonds. The van der Waals surface area contributed by atoms with Crippen molar-refractivity contribution in [3.63, 3.8) is 0 Å². The summed E-state index contributed by atoms with van der Waals surface area (Å²) in [6.07, 6.45) is 2.16. The van der Waals surface area contributed by atoms with Gasteiger partial charge < -0.3 is 0 Å². The van der Waals surface area contributed by atoms with E-state index in [1.807, 2.05) is 0 Å². The Morgan fingerprint density at radius 1 is 0.324 bits per heavy atom. The second kappa shape index (κ2) is 7.71. The molecule has 8 rings (SSSR count). The highest BCUT2D eigenvalue weighted by molar-refractivity contribution is 6.02. The van der Waals surface area contributed by atoms with Crippen molar-refractivity contribution in [3.05, 3.63) is 144 Å². The summed E-state index contributed by atoms with van der Waals surface area (Å²) < 4.78 is 0. The highest BCUT2D eigenvalue weighted by atomic mass is 14.2. The summed E-state index contributed by atoms with van der Waals surface area (Å²) in [5, 5.41) is 5.44. The summed E-state index contributed by atoms with van der Waals surface area (Å²) in [6.45, 7) is 0. The fourth-order valence-electron chi connectivity index (χ4n) is 5.81. The minimum atomic E-state index is 1.08. The highest BCUT2D eigenvalue weighted by Crippen LogP contribution is 2.42. The van der Waals surface area contributed by atoms with Crippen LogP contribution in [0.25, 0.3) is 43.8 Å². The average molecular weight is 433 g/mol. The lowest BCUT2D eigenvalue weighted by Gasteiger charge is -2.06. The molecule has 0 N–H and O–H groups in total. The minimum Gasteiger partial charge on any atom is -0.0619 e. The number of hydrogen-bond donors (Lipinski definition) is 0. The van der Waals surface area contributed by atoms with Gasteiger partial charge in [-0.3, -0.25) is 0 Å². The quantitative estimate of drug-likeness (QED) is 0.224. The highest BCUT2D eigenvalue weighted by Gasteiger charge is 2.20. The van der Waals surface area contributed by atoms with Gasteiger partial charge in [-0.2, -0.15) is 0 Å². The van der Waals surface area contributed by atoms with Gasteiger partial charge in [-0.25, -0.2) is 0 Å². The number of hydrogen-bond acceptors (Lipinski definition) is 0. The molecule has 0 radical (unpaired) electrons. The lowest BCUT2D eigenvalue weighted by molar-refractivity contribution is 1.27. The van der Waals surface area contributed by atoms with Crippen molar-refractivity contribution >= 4 is 21.5 Å². The van der Waals surface area contributed by atoms with Crippen LogP contribution in [0.15, 0.2) is 121 Å². The molecule has 0 saturated carbocycles. The zero-order chi connectivity index (χ0) is 22.5. The normalized spacial score (nSPS) is 12.5. The molecule has 6 aromatic carbocycles. The predicted octanol–water partition coefficient (Wildman–Crippen LogP) is 8.82. The molecule has 6 aromatic rings. The van der Waals surface area contributed by atoms with E-state index in [1.54, 1.807) is 0 Å². The molecule has 0 unspecified atom stereocenters. The van der Waals surface area contributed by atoms with Crippen LogP contribution in [0.4, 0.5) is 0 Å². The monoisotopic (exact) mass is 432 g/mol. The minimum absolute atomic E-state index is 1.08. The van der Waals surface area contributed by atoms with E-state index in [9.17, 15) is 0 Å². The maximum atomic E-state index is 2.28. The molecule has 0 aliphatic heterocycles. The molecule has 0 heteroatoms. The van der Waals surface area contributed by atoms with E-state index < -0.39 is 0 Å². The third-order valence-electron chi connectivity index (χ3n) is 7.37.